The number of hydrogen-bond acceptors (Lipinski definition) is 3. The molecule has 24 heavy (non-hydrogen) atoms. The molecule has 0 bridgehead atoms. The molecule has 0 aliphatic heterocycles. The van der Waals surface area contributed by atoms with Gasteiger partial charge in [0.2, 0.25) is 5.91 Å². The Morgan fingerprint density at radius 3 is 2.58 bits per heavy atom. The molecule has 0 aliphatic carbocycles. The van der Waals surface area contributed by atoms with Crippen LogP contribution in [0.4, 0.5) is 0 Å². The second-order valence-corrected chi connectivity index (χ2v) is 5.72. The van der Waals surface area contributed by atoms with Crippen LogP contribution in [0.5, 0.6) is 0 Å². The number of carboxylic acids is 1. The van der Waals surface area contributed by atoms with Crippen molar-refractivity contribution in [3.05, 3.63) is 36.0 Å². The highest BCUT2D eigenvalue weighted by Gasteiger charge is 2.25. The van der Waals surface area contributed by atoms with E-state index in [0.29, 0.717) is 12.1 Å². The van der Waals surface area contributed by atoms with Gasteiger partial charge < -0.3 is 20.7 Å². The Kier molecular flexibility index (Phi) is 5.57. The molecule has 4 N–H and O–H groups in total. The normalized spacial score (nSPS) is 13.2. The lowest BCUT2D eigenvalue weighted by Crippen LogP contribution is -2.48. The van der Waals surface area contributed by atoms with E-state index in [0.717, 1.165) is 10.9 Å². The fourth-order valence-electron chi connectivity index (χ4n) is 2.36. The average molecular weight is 331 g/mol. The summed E-state index contributed by atoms with van der Waals surface area (Å²) in [5.41, 5.74) is 1.18. The molecule has 0 fully saturated rings. The SMILES string of the molecule is CCC(C)C(NC(=O)CNC(=O)c1cc2ccccc2[nH]1)C(=O)O. The maximum atomic E-state index is 12.1. The number of aromatic amines is 1. The van der Waals surface area contributed by atoms with E-state index < -0.39 is 23.8 Å². The third-order valence-electron chi connectivity index (χ3n) is 3.98. The predicted molar refractivity (Wildman–Crippen MR) is 89.7 cm³/mol. The summed E-state index contributed by atoms with van der Waals surface area (Å²) in [6.45, 7) is 3.32. The summed E-state index contributed by atoms with van der Waals surface area (Å²) >= 11 is 0. The van der Waals surface area contributed by atoms with Crippen LogP contribution >= 0.6 is 0 Å². The maximum Gasteiger partial charge on any atom is 0.326 e. The Labute approximate surface area is 139 Å². The number of aromatic nitrogens is 1. The zero-order valence-electron chi connectivity index (χ0n) is 13.6. The van der Waals surface area contributed by atoms with Crippen LogP contribution in [0.25, 0.3) is 10.9 Å². The van der Waals surface area contributed by atoms with Crippen molar-refractivity contribution in [2.75, 3.05) is 6.54 Å². The fourth-order valence-corrected chi connectivity index (χ4v) is 2.36. The summed E-state index contributed by atoms with van der Waals surface area (Å²) in [4.78, 5) is 38.1. The van der Waals surface area contributed by atoms with E-state index in [4.69, 9.17) is 5.11 Å². The van der Waals surface area contributed by atoms with Crippen LogP contribution in [0.3, 0.4) is 0 Å². The predicted octanol–water partition coefficient (Wildman–Crippen LogP) is 1.51. The lowest BCUT2D eigenvalue weighted by atomic mass is 9.99. The summed E-state index contributed by atoms with van der Waals surface area (Å²) in [6, 6.07) is 8.18. The molecule has 128 valence electrons. The van der Waals surface area contributed by atoms with Gasteiger partial charge in [-0.05, 0) is 18.1 Å². The first-order chi connectivity index (χ1) is 11.4. The number of para-hydroxylation sites is 1. The molecular weight excluding hydrogens is 310 g/mol. The highest BCUT2D eigenvalue weighted by molar-refractivity contribution is 5.99. The molecule has 1 heterocycles. The highest BCUT2D eigenvalue weighted by Crippen LogP contribution is 2.14. The van der Waals surface area contributed by atoms with Gasteiger partial charge in [-0.25, -0.2) is 4.79 Å². The summed E-state index contributed by atoms with van der Waals surface area (Å²) in [5, 5.41) is 15.0. The minimum Gasteiger partial charge on any atom is -0.480 e. The summed E-state index contributed by atoms with van der Waals surface area (Å²) < 4.78 is 0. The molecule has 0 radical (unpaired) electrons. The third kappa shape index (κ3) is 4.13. The number of fused-ring (bicyclic) bond motifs is 1. The number of benzene rings is 1. The van der Waals surface area contributed by atoms with Gasteiger partial charge in [0.1, 0.15) is 11.7 Å². The first-order valence-corrected chi connectivity index (χ1v) is 7.80. The number of rotatable bonds is 7. The zero-order valence-corrected chi connectivity index (χ0v) is 13.6. The highest BCUT2D eigenvalue weighted by atomic mass is 16.4. The quantitative estimate of drug-likeness (QED) is 0.616. The number of aliphatic carboxylic acids is 1. The van der Waals surface area contributed by atoms with E-state index in [1.54, 1.807) is 13.0 Å². The fraction of sp³-hybridized carbons (Fsp3) is 0.353. The Balaban J connectivity index is 1.93. The van der Waals surface area contributed by atoms with Crippen LogP contribution in [-0.4, -0.2) is 40.5 Å². The summed E-state index contributed by atoms with van der Waals surface area (Å²) in [7, 11) is 0. The Morgan fingerprint density at radius 1 is 1.25 bits per heavy atom. The van der Waals surface area contributed by atoms with E-state index in [1.807, 2.05) is 31.2 Å². The van der Waals surface area contributed by atoms with Crippen LogP contribution in [0.2, 0.25) is 0 Å². The monoisotopic (exact) mass is 331 g/mol. The van der Waals surface area contributed by atoms with Gasteiger partial charge >= 0.3 is 5.97 Å². The Morgan fingerprint density at radius 2 is 1.96 bits per heavy atom. The smallest absolute Gasteiger partial charge is 0.326 e. The average Bonchev–Trinajstić information content (AvgIpc) is 3.00. The lowest BCUT2D eigenvalue weighted by molar-refractivity contribution is -0.143. The number of hydrogen-bond donors (Lipinski definition) is 4. The van der Waals surface area contributed by atoms with E-state index in [9.17, 15) is 14.4 Å². The van der Waals surface area contributed by atoms with Gasteiger partial charge in [0, 0.05) is 10.9 Å². The van der Waals surface area contributed by atoms with Gasteiger partial charge in [0.25, 0.3) is 5.91 Å². The second kappa shape index (κ2) is 7.63. The second-order valence-electron chi connectivity index (χ2n) is 5.72. The molecule has 7 heteroatoms. The molecule has 1 aromatic carbocycles. The van der Waals surface area contributed by atoms with Crippen LogP contribution in [0, 0.1) is 5.92 Å². The minimum absolute atomic E-state index is 0.198. The van der Waals surface area contributed by atoms with Crippen molar-refractivity contribution in [3.63, 3.8) is 0 Å². The molecule has 7 nitrogen and oxygen atoms in total. The first-order valence-electron chi connectivity index (χ1n) is 7.80. The minimum atomic E-state index is -1.08. The molecule has 0 saturated carbocycles. The van der Waals surface area contributed by atoms with Crippen LogP contribution < -0.4 is 10.6 Å². The molecule has 2 aromatic rings. The zero-order chi connectivity index (χ0) is 17.7. The van der Waals surface area contributed by atoms with Crippen LogP contribution in [0.15, 0.2) is 30.3 Å². The maximum absolute atomic E-state index is 12.1. The molecule has 2 unspecified atom stereocenters. The number of carbonyl (C=O) groups excluding carboxylic acids is 2. The molecule has 0 aliphatic rings. The van der Waals surface area contributed by atoms with Gasteiger partial charge in [0.05, 0.1) is 6.54 Å². The van der Waals surface area contributed by atoms with E-state index >= 15 is 0 Å². The lowest BCUT2D eigenvalue weighted by Gasteiger charge is -2.20. The van der Waals surface area contributed by atoms with Crippen molar-refractivity contribution in [2.45, 2.75) is 26.3 Å². The van der Waals surface area contributed by atoms with Gasteiger partial charge in [-0.3, -0.25) is 9.59 Å². The standard InChI is InChI=1S/C17H21N3O4/c1-3-10(2)15(17(23)24)20-14(21)9-18-16(22)13-8-11-6-4-5-7-12(11)19-13/h4-8,10,15,19H,3,9H2,1-2H3,(H,18,22)(H,20,21)(H,23,24). The van der Waals surface area contributed by atoms with E-state index in [-0.39, 0.29) is 12.5 Å². The molecule has 2 amide bonds. The molecule has 1 aromatic heterocycles. The first kappa shape index (κ1) is 17.5. The van der Waals surface area contributed by atoms with E-state index in [2.05, 4.69) is 15.6 Å². The van der Waals surface area contributed by atoms with Gasteiger partial charge in [-0.1, -0.05) is 38.5 Å². The third-order valence-corrected chi connectivity index (χ3v) is 3.98. The Hall–Kier alpha value is -2.83. The topological polar surface area (TPSA) is 111 Å². The van der Waals surface area contributed by atoms with Crippen molar-refractivity contribution >= 4 is 28.7 Å². The van der Waals surface area contributed by atoms with Crippen molar-refractivity contribution in [2.24, 2.45) is 5.92 Å². The summed E-state index contributed by atoms with van der Waals surface area (Å²) in [5.74, 6) is -2.24. The van der Waals surface area contributed by atoms with Crippen molar-refractivity contribution < 1.29 is 19.5 Å². The van der Waals surface area contributed by atoms with Crippen LogP contribution in [0.1, 0.15) is 30.8 Å². The molecular formula is C17H21N3O4. The van der Waals surface area contributed by atoms with Crippen molar-refractivity contribution in [3.8, 4) is 0 Å². The number of H-pyrrole nitrogens is 1. The van der Waals surface area contributed by atoms with Gasteiger partial charge in [-0.2, -0.15) is 0 Å². The molecule has 2 atom stereocenters. The molecule has 0 spiro atoms. The summed E-state index contributed by atoms with van der Waals surface area (Å²) in [6.07, 6.45) is 0.624. The van der Waals surface area contributed by atoms with Gasteiger partial charge in [0.15, 0.2) is 0 Å². The largest absolute Gasteiger partial charge is 0.480 e. The van der Waals surface area contributed by atoms with Gasteiger partial charge in [-0.15, -0.1) is 0 Å². The number of carboxylic acid groups (broad SMARTS) is 1. The molecule has 0 saturated heterocycles. The number of nitrogens with one attached hydrogen (secondary N) is 3. The number of carbonyl (C=O) groups is 3. The Bertz CT molecular complexity index is 720. The number of amides is 2. The van der Waals surface area contributed by atoms with Crippen molar-refractivity contribution in [1.82, 2.24) is 15.6 Å². The van der Waals surface area contributed by atoms with E-state index in [1.165, 1.54) is 0 Å². The van der Waals surface area contributed by atoms with Crippen molar-refractivity contribution in [1.29, 1.82) is 0 Å². The molecule has 2 rings (SSSR count). The van der Waals surface area contributed by atoms with Crippen LogP contribution in [-0.2, 0) is 9.59 Å².